The molecule has 96 valence electrons. The van der Waals surface area contributed by atoms with Crippen molar-refractivity contribution in [1.82, 2.24) is 0 Å². The predicted molar refractivity (Wildman–Crippen MR) is 56.4 cm³/mol. The first-order valence-corrected chi connectivity index (χ1v) is 5.60. The van der Waals surface area contributed by atoms with Gasteiger partial charge in [0, 0.05) is 6.08 Å². The van der Waals surface area contributed by atoms with Gasteiger partial charge in [-0.1, -0.05) is 6.58 Å². The van der Waals surface area contributed by atoms with E-state index in [2.05, 4.69) is 6.58 Å². The van der Waals surface area contributed by atoms with Gasteiger partial charge in [0.1, 0.15) is 13.2 Å². The zero-order chi connectivity index (χ0) is 13.4. The van der Waals surface area contributed by atoms with Crippen molar-refractivity contribution >= 4 is 16.4 Å². The first kappa shape index (κ1) is 17.4. The summed E-state index contributed by atoms with van der Waals surface area (Å²) in [5, 5.41) is 0. The Morgan fingerprint density at radius 1 is 1.50 bits per heavy atom. The maximum absolute atomic E-state index is 10.6. The van der Waals surface area contributed by atoms with Gasteiger partial charge in [-0.3, -0.25) is 4.55 Å². The molecule has 0 radical (unpaired) electrons. The van der Waals surface area contributed by atoms with E-state index in [4.69, 9.17) is 22.3 Å². The van der Waals surface area contributed by atoms with Crippen LogP contribution < -0.4 is 0 Å². The summed E-state index contributed by atoms with van der Waals surface area (Å²) >= 11 is 0. The predicted octanol–water partition coefficient (Wildman–Crippen LogP) is -0.574. The molecule has 0 aromatic heterocycles. The highest BCUT2D eigenvalue weighted by atomic mass is 32.3. The lowest BCUT2D eigenvalue weighted by atomic mass is 10.5. The molecular weight excluding hydrogens is 238 g/mol. The van der Waals surface area contributed by atoms with E-state index in [1.165, 1.54) is 6.08 Å². The van der Waals surface area contributed by atoms with Crippen LogP contribution in [0.25, 0.3) is 0 Å². The third-order valence-corrected chi connectivity index (χ3v) is 1.17. The molecule has 16 heavy (non-hydrogen) atoms. The largest absolute Gasteiger partial charge is 0.726 e. The van der Waals surface area contributed by atoms with Gasteiger partial charge in [-0.2, -0.15) is 0 Å². The molecule has 0 aliphatic heterocycles. The summed E-state index contributed by atoms with van der Waals surface area (Å²) in [5.74, 6) is -0.349. The van der Waals surface area contributed by atoms with Crippen LogP contribution in [-0.2, 0) is 19.9 Å². The molecule has 0 saturated carbocycles. The molecule has 0 spiro atoms. The average molecular weight is 255 g/mol. The van der Waals surface area contributed by atoms with Gasteiger partial charge in [-0.05, 0) is 0 Å². The van der Waals surface area contributed by atoms with Crippen LogP contribution in [-0.4, -0.2) is 62.3 Å². The summed E-state index contributed by atoms with van der Waals surface area (Å²) in [6.07, 6.45) is 1.18. The quantitative estimate of drug-likeness (QED) is 0.237. The fraction of sp³-hybridized carbons (Fsp3) is 0.625. The lowest BCUT2D eigenvalue weighted by Gasteiger charge is -2.23. The summed E-state index contributed by atoms with van der Waals surface area (Å²) < 4.78 is 38.4. The van der Waals surface area contributed by atoms with Crippen molar-refractivity contribution in [1.29, 1.82) is 0 Å². The van der Waals surface area contributed by atoms with E-state index in [1.807, 2.05) is 21.1 Å². The van der Waals surface area contributed by atoms with Crippen LogP contribution in [0.3, 0.4) is 0 Å². The zero-order valence-corrected chi connectivity index (χ0v) is 10.4. The number of hydrogen-bond acceptors (Lipinski definition) is 5. The second-order valence-corrected chi connectivity index (χ2v) is 4.67. The maximum atomic E-state index is 10.6. The molecule has 0 rings (SSSR count). The number of carbonyl (C=O) groups is 1. The highest BCUT2D eigenvalue weighted by Gasteiger charge is 2.06. The highest BCUT2D eigenvalue weighted by Crippen LogP contribution is 1.89. The van der Waals surface area contributed by atoms with E-state index in [9.17, 15) is 4.79 Å². The molecule has 0 bridgehead atoms. The Bertz CT molecular complexity index is 308. The molecule has 1 N–H and O–H groups in total. The van der Waals surface area contributed by atoms with Crippen molar-refractivity contribution in [2.75, 3.05) is 34.3 Å². The van der Waals surface area contributed by atoms with Gasteiger partial charge in [0.15, 0.2) is 0 Å². The Hall–Kier alpha value is -0.960. The van der Waals surface area contributed by atoms with Crippen molar-refractivity contribution in [3.05, 3.63) is 12.7 Å². The van der Waals surface area contributed by atoms with E-state index in [0.29, 0.717) is 6.61 Å². The van der Waals surface area contributed by atoms with E-state index in [-0.39, 0.29) is 5.97 Å². The van der Waals surface area contributed by atoms with Crippen molar-refractivity contribution < 1.29 is 31.5 Å². The Kier molecular flexibility index (Phi) is 7.99. The minimum absolute atomic E-state index is 0.349. The van der Waals surface area contributed by atoms with E-state index >= 15 is 0 Å². The SMILES string of the molecule is C=CC(=O)OCC[N+](C)(C)C.O=S(=O)([O-])O. The molecule has 0 atom stereocenters. The topological polar surface area (TPSA) is 104 Å². The van der Waals surface area contributed by atoms with Crippen LogP contribution in [0.4, 0.5) is 0 Å². The number of carbonyl (C=O) groups excluding carboxylic acids is 1. The van der Waals surface area contributed by atoms with Gasteiger partial charge in [0.25, 0.3) is 0 Å². The number of quaternary nitrogens is 1. The van der Waals surface area contributed by atoms with Gasteiger partial charge in [-0.15, -0.1) is 0 Å². The second kappa shape index (κ2) is 7.34. The fourth-order valence-corrected chi connectivity index (χ4v) is 0.479. The molecule has 0 unspecified atom stereocenters. The Morgan fingerprint density at radius 2 is 1.88 bits per heavy atom. The van der Waals surface area contributed by atoms with Gasteiger partial charge < -0.3 is 13.8 Å². The number of esters is 1. The highest BCUT2D eigenvalue weighted by molar-refractivity contribution is 7.79. The summed E-state index contributed by atoms with van der Waals surface area (Å²) in [5.41, 5.74) is 0. The molecule has 0 aliphatic carbocycles. The van der Waals surface area contributed by atoms with E-state index in [0.717, 1.165) is 11.0 Å². The Morgan fingerprint density at radius 3 is 2.12 bits per heavy atom. The lowest BCUT2D eigenvalue weighted by molar-refractivity contribution is -0.870. The summed E-state index contributed by atoms with van der Waals surface area (Å²) in [6.45, 7) is 4.57. The molecular formula is C8H17NO6S. The maximum Gasteiger partial charge on any atom is 0.330 e. The van der Waals surface area contributed by atoms with E-state index in [1.54, 1.807) is 0 Å². The van der Waals surface area contributed by atoms with Crippen LogP contribution >= 0.6 is 0 Å². The number of hydrogen-bond donors (Lipinski definition) is 1. The smallest absolute Gasteiger partial charge is 0.330 e. The van der Waals surface area contributed by atoms with Crippen LogP contribution in [0.2, 0.25) is 0 Å². The van der Waals surface area contributed by atoms with Gasteiger partial charge in [-0.25, -0.2) is 13.2 Å². The first-order valence-electron chi connectivity index (χ1n) is 4.23. The Labute approximate surface area is 95.5 Å². The zero-order valence-electron chi connectivity index (χ0n) is 9.54. The monoisotopic (exact) mass is 255 g/mol. The van der Waals surface area contributed by atoms with E-state index < -0.39 is 10.4 Å². The Balaban J connectivity index is 0. The third kappa shape index (κ3) is 29.2. The molecule has 7 nitrogen and oxygen atoms in total. The minimum atomic E-state index is -4.92. The molecule has 0 fully saturated rings. The molecule has 8 heteroatoms. The summed E-state index contributed by atoms with van der Waals surface area (Å²) in [6, 6.07) is 0. The van der Waals surface area contributed by atoms with Crippen molar-refractivity contribution in [2.45, 2.75) is 0 Å². The standard InChI is InChI=1S/C8H16NO2.H2O4S/c1-5-8(10)11-7-6-9(2,3)4;1-5(2,3)4/h5H,1,6-7H2,2-4H3;(H2,1,2,3,4)/q+1;/p-1. The number of likely N-dealkylation sites (N-methyl/N-ethyl adjacent to an activating group) is 1. The normalized spacial score (nSPS) is 11.1. The number of nitrogens with zero attached hydrogens (tertiary/aromatic N) is 1. The third-order valence-electron chi connectivity index (χ3n) is 1.17. The van der Waals surface area contributed by atoms with Crippen molar-refractivity contribution in [3.63, 3.8) is 0 Å². The molecule has 0 aromatic rings. The fourth-order valence-electron chi connectivity index (χ4n) is 0.479. The van der Waals surface area contributed by atoms with Gasteiger partial charge in [0.2, 0.25) is 10.4 Å². The van der Waals surface area contributed by atoms with Gasteiger partial charge in [0.05, 0.1) is 21.1 Å². The van der Waals surface area contributed by atoms with Crippen molar-refractivity contribution in [3.8, 4) is 0 Å². The molecule has 0 heterocycles. The van der Waals surface area contributed by atoms with Gasteiger partial charge >= 0.3 is 5.97 Å². The number of rotatable bonds is 4. The van der Waals surface area contributed by atoms with Crippen LogP contribution in [0.5, 0.6) is 0 Å². The lowest BCUT2D eigenvalue weighted by Crippen LogP contribution is -2.37. The molecule has 0 amide bonds. The summed E-state index contributed by atoms with van der Waals surface area (Å²) in [4.78, 5) is 10.6. The minimum Gasteiger partial charge on any atom is -0.726 e. The van der Waals surface area contributed by atoms with Crippen molar-refractivity contribution in [2.24, 2.45) is 0 Å². The average Bonchev–Trinajstić information content (AvgIpc) is 1.98. The van der Waals surface area contributed by atoms with Crippen LogP contribution in [0, 0.1) is 0 Å². The van der Waals surface area contributed by atoms with Crippen LogP contribution in [0.1, 0.15) is 0 Å². The molecule has 0 aromatic carbocycles. The second-order valence-electron chi connectivity index (χ2n) is 3.81. The summed E-state index contributed by atoms with van der Waals surface area (Å²) in [7, 11) is 1.21. The van der Waals surface area contributed by atoms with Crippen LogP contribution in [0.15, 0.2) is 12.7 Å². The number of ether oxygens (including phenoxy) is 1. The first-order chi connectivity index (χ1) is 6.95. The molecule has 0 saturated heterocycles. The molecule has 0 aliphatic rings.